The summed E-state index contributed by atoms with van der Waals surface area (Å²) in [7, 11) is 0. The minimum Gasteiger partial charge on any atom is -0.396 e. The fourth-order valence-electron chi connectivity index (χ4n) is 1.55. The van der Waals surface area contributed by atoms with E-state index in [4.69, 9.17) is 5.73 Å². The number of hydrogen-bond donors (Lipinski definition) is 2. The number of carbonyl (C=O) groups excluding carboxylic acids is 1. The van der Waals surface area contributed by atoms with E-state index in [9.17, 15) is 9.18 Å². The van der Waals surface area contributed by atoms with Gasteiger partial charge in [-0.1, -0.05) is 0 Å². The Balaban J connectivity index is 2.10. The molecule has 0 spiro atoms. The monoisotopic (exact) mass is 264 g/mol. The van der Waals surface area contributed by atoms with Crippen LogP contribution in [0.25, 0.3) is 0 Å². The summed E-state index contributed by atoms with van der Waals surface area (Å²) in [5.74, 6) is -0.890. The molecule has 0 fully saturated rings. The third-order valence-corrected chi connectivity index (χ3v) is 3.35. The van der Waals surface area contributed by atoms with Gasteiger partial charge in [0.25, 0.3) is 5.91 Å². The van der Waals surface area contributed by atoms with E-state index in [-0.39, 0.29) is 23.2 Å². The molecule has 1 heterocycles. The van der Waals surface area contributed by atoms with Crippen molar-refractivity contribution < 1.29 is 9.18 Å². The molecule has 18 heavy (non-hydrogen) atoms. The molecule has 1 amide bonds. The Hall–Kier alpha value is -1.88. The molecule has 0 saturated heterocycles. The van der Waals surface area contributed by atoms with Gasteiger partial charge >= 0.3 is 0 Å². The smallest absolute Gasteiger partial charge is 0.251 e. The van der Waals surface area contributed by atoms with Gasteiger partial charge in [0.05, 0.1) is 11.7 Å². The first-order valence-corrected chi connectivity index (χ1v) is 6.40. The lowest BCUT2D eigenvalue weighted by Gasteiger charge is -2.12. The van der Waals surface area contributed by atoms with E-state index in [1.54, 1.807) is 11.3 Å². The predicted molar refractivity (Wildman–Crippen MR) is 71.0 cm³/mol. The molecule has 0 aliphatic heterocycles. The van der Waals surface area contributed by atoms with E-state index in [0.717, 1.165) is 11.6 Å². The summed E-state index contributed by atoms with van der Waals surface area (Å²) in [6, 6.07) is 5.88. The largest absolute Gasteiger partial charge is 0.396 e. The fourth-order valence-corrected chi connectivity index (χ4v) is 2.31. The first-order valence-electron chi connectivity index (χ1n) is 5.46. The minimum atomic E-state index is -0.578. The summed E-state index contributed by atoms with van der Waals surface area (Å²) in [6.45, 7) is 1.88. The van der Waals surface area contributed by atoms with Crippen LogP contribution in [0.15, 0.2) is 35.0 Å². The molecule has 0 aliphatic carbocycles. The van der Waals surface area contributed by atoms with Gasteiger partial charge < -0.3 is 11.1 Å². The zero-order valence-corrected chi connectivity index (χ0v) is 10.6. The summed E-state index contributed by atoms with van der Waals surface area (Å²) >= 11 is 1.57. The standard InChI is InChI=1S/C13H13FN2OS/c1-8(10-4-5-18-7-10)16-13(17)9-2-3-12(15)11(14)6-9/h2-8H,15H2,1H3,(H,16,17). The molecule has 2 rings (SSSR count). The highest BCUT2D eigenvalue weighted by Crippen LogP contribution is 2.17. The summed E-state index contributed by atoms with van der Waals surface area (Å²) in [4.78, 5) is 11.9. The molecule has 94 valence electrons. The minimum absolute atomic E-state index is 0.0393. The molecular weight excluding hydrogens is 251 g/mol. The molecule has 5 heteroatoms. The highest BCUT2D eigenvalue weighted by Gasteiger charge is 2.12. The second-order valence-corrected chi connectivity index (χ2v) is 4.77. The van der Waals surface area contributed by atoms with Gasteiger partial charge in [-0.25, -0.2) is 4.39 Å². The summed E-state index contributed by atoms with van der Waals surface area (Å²) < 4.78 is 13.2. The predicted octanol–water partition coefficient (Wildman–Crippen LogP) is 2.96. The molecule has 0 aliphatic rings. The number of benzene rings is 1. The van der Waals surface area contributed by atoms with Gasteiger partial charge in [0, 0.05) is 5.56 Å². The highest BCUT2D eigenvalue weighted by molar-refractivity contribution is 7.07. The first-order chi connectivity index (χ1) is 8.58. The maximum Gasteiger partial charge on any atom is 0.251 e. The molecule has 1 unspecified atom stereocenters. The van der Waals surface area contributed by atoms with Gasteiger partial charge in [0.2, 0.25) is 0 Å². The first kappa shape index (κ1) is 12.6. The normalized spacial score (nSPS) is 12.1. The summed E-state index contributed by atoms with van der Waals surface area (Å²) in [6.07, 6.45) is 0. The van der Waals surface area contributed by atoms with Crippen LogP contribution < -0.4 is 11.1 Å². The number of nitrogen functional groups attached to an aromatic ring is 1. The van der Waals surface area contributed by atoms with E-state index in [1.165, 1.54) is 12.1 Å². The average molecular weight is 264 g/mol. The lowest BCUT2D eigenvalue weighted by atomic mass is 10.1. The van der Waals surface area contributed by atoms with Crippen LogP contribution in [-0.2, 0) is 0 Å². The molecule has 0 saturated carbocycles. The van der Waals surface area contributed by atoms with Crippen molar-refractivity contribution in [3.05, 3.63) is 52.0 Å². The number of thiophene rings is 1. The zero-order valence-electron chi connectivity index (χ0n) is 9.81. The summed E-state index contributed by atoms with van der Waals surface area (Å²) in [5, 5.41) is 6.72. The van der Waals surface area contributed by atoms with E-state index in [1.807, 2.05) is 23.8 Å². The van der Waals surface area contributed by atoms with Gasteiger partial charge in [-0.2, -0.15) is 11.3 Å². The van der Waals surface area contributed by atoms with Crippen molar-refractivity contribution in [1.29, 1.82) is 0 Å². The lowest BCUT2D eigenvalue weighted by molar-refractivity contribution is 0.0939. The van der Waals surface area contributed by atoms with Crippen LogP contribution >= 0.6 is 11.3 Å². The van der Waals surface area contributed by atoms with Crippen molar-refractivity contribution in [2.45, 2.75) is 13.0 Å². The van der Waals surface area contributed by atoms with Gasteiger partial charge in [-0.3, -0.25) is 4.79 Å². The summed E-state index contributed by atoms with van der Waals surface area (Å²) in [5.41, 5.74) is 6.70. The van der Waals surface area contributed by atoms with E-state index in [2.05, 4.69) is 5.32 Å². The van der Waals surface area contributed by atoms with E-state index in [0.29, 0.717) is 0 Å². The molecule has 2 aromatic rings. The third-order valence-electron chi connectivity index (χ3n) is 2.65. The molecule has 0 bridgehead atoms. The van der Waals surface area contributed by atoms with Crippen LogP contribution in [0.4, 0.5) is 10.1 Å². The van der Waals surface area contributed by atoms with Crippen molar-refractivity contribution in [3.63, 3.8) is 0 Å². The van der Waals surface area contributed by atoms with Gasteiger partial charge in [-0.05, 0) is 47.5 Å². The maximum atomic E-state index is 13.2. The van der Waals surface area contributed by atoms with E-state index < -0.39 is 5.82 Å². The Kier molecular flexibility index (Phi) is 3.62. The van der Waals surface area contributed by atoms with Crippen molar-refractivity contribution in [1.82, 2.24) is 5.32 Å². The third kappa shape index (κ3) is 2.68. The van der Waals surface area contributed by atoms with Crippen molar-refractivity contribution in [2.24, 2.45) is 0 Å². The molecule has 1 atom stereocenters. The second kappa shape index (κ2) is 5.18. The molecule has 1 aromatic heterocycles. The van der Waals surface area contributed by atoms with Crippen LogP contribution in [0.2, 0.25) is 0 Å². The van der Waals surface area contributed by atoms with Crippen LogP contribution in [0.5, 0.6) is 0 Å². The number of anilines is 1. The topological polar surface area (TPSA) is 55.1 Å². The second-order valence-electron chi connectivity index (χ2n) is 3.99. The fraction of sp³-hybridized carbons (Fsp3) is 0.154. The Morgan fingerprint density at radius 3 is 2.83 bits per heavy atom. The molecule has 3 N–H and O–H groups in total. The van der Waals surface area contributed by atoms with Crippen LogP contribution in [0.1, 0.15) is 28.9 Å². The quantitative estimate of drug-likeness (QED) is 0.837. The van der Waals surface area contributed by atoms with Gasteiger partial charge in [0.1, 0.15) is 5.82 Å². The number of rotatable bonds is 3. The number of amides is 1. The zero-order chi connectivity index (χ0) is 13.1. The Bertz CT molecular complexity index is 554. The molecule has 3 nitrogen and oxygen atoms in total. The maximum absolute atomic E-state index is 13.2. The number of nitrogens with two attached hydrogens (primary N) is 1. The van der Waals surface area contributed by atoms with Crippen molar-refractivity contribution >= 4 is 22.9 Å². The number of halogens is 1. The van der Waals surface area contributed by atoms with Gasteiger partial charge in [-0.15, -0.1) is 0 Å². The number of carbonyl (C=O) groups is 1. The number of nitrogens with one attached hydrogen (secondary N) is 1. The van der Waals surface area contributed by atoms with Crippen molar-refractivity contribution in [2.75, 3.05) is 5.73 Å². The Morgan fingerprint density at radius 1 is 1.44 bits per heavy atom. The highest BCUT2D eigenvalue weighted by atomic mass is 32.1. The van der Waals surface area contributed by atoms with Crippen molar-refractivity contribution in [3.8, 4) is 0 Å². The van der Waals surface area contributed by atoms with Crippen LogP contribution in [-0.4, -0.2) is 5.91 Å². The number of hydrogen-bond acceptors (Lipinski definition) is 3. The van der Waals surface area contributed by atoms with E-state index >= 15 is 0 Å². The van der Waals surface area contributed by atoms with Gasteiger partial charge in [0.15, 0.2) is 0 Å². The molecule has 1 aromatic carbocycles. The molecular formula is C13H13FN2OS. The lowest BCUT2D eigenvalue weighted by Crippen LogP contribution is -2.26. The Labute approximate surface area is 108 Å². The van der Waals surface area contributed by atoms with Crippen LogP contribution in [0.3, 0.4) is 0 Å². The van der Waals surface area contributed by atoms with Crippen LogP contribution in [0, 0.1) is 5.82 Å². The SMILES string of the molecule is CC(NC(=O)c1ccc(N)c(F)c1)c1ccsc1. The molecule has 0 radical (unpaired) electrons. The Morgan fingerprint density at radius 2 is 2.22 bits per heavy atom. The average Bonchev–Trinajstić information content (AvgIpc) is 2.86.